The monoisotopic (exact) mass is 594 g/mol. The number of piperidine rings is 1. The number of nitrogen functional groups attached to an aromatic ring is 1. The van der Waals surface area contributed by atoms with Crippen LogP contribution in [0.2, 0.25) is 0 Å². The molecule has 1 saturated heterocycles. The van der Waals surface area contributed by atoms with Crippen molar-refractivity contribution in [2.45, 2.75) is 44.2 Å². The summed E-state index contributed by atoms with van der Waals surface area (Å²) in [4.78, 5) is 42.7. The third-order valence-electron chi connectivity index (χ3n) is 8.62. The van der Waals surface area contributed by atoms with Gasteiger partial charge in [-0.15, -0.1) is 0 Å². The van der Waals surface area contributed by atoms with Crippen LogP contribution in [0.15, 0.2) is 77.7 Å². The van der Waals surface area contributed by atoms with Gasteiger partial charge in [-0.2, -0.15) is 0 Å². The maximum Gasteiger partial charge on any atom is 0.248 e. The highest BCUT2D eigenvalue weighted by atomic mass is 79.9. The zero-order chi connectivity index (χ0) is 27.6. The smallest absolute Gasteiger partial charge is 0.248 e. The van der Waals surface area contributed by atoms with Gasteiger partial charge < -0.3 is 16.0 Å². The second-order valence-electron chi connectivity index (χ2n) is 11.1. The Morgan fingerprint density at radius 3 is 2.60 bits per heavy atom. The summed E-state index contributed by atoms with van der Waals surface area (Å²) in [6.07, 6.45) is 3.19. The summed E-state index contributed by atoms with van der Waals surface area (Å²) in [5.74, 6) is 0.283. The summed E-state index contributed by atoms with van der Waals surface area (Å²) in [7, 11) is 0. The minimum Gasteiger partial charge on any atom is -0.383 e. The van der Waals surface area contributed by atoms with E-state index in [0.717, 1.165) is 39.9 Å². The molecule has 0 radical (unpaired) electrons. The number of halogens is 1. The first-order chi connectivity index (χ1) is 19.3. The summed E-state index contributed by atoms with van der Waals surface area (Å²) < 4.78 is 0.633. The molecule has 3 aliphatic rings. The van der Waals surface area contributed by atoms with Crippen molar-refractivity contribution < 1.29 is 9.59 Å². The van der Waals surface area contributed by atoms with Crippen LogP contribution >= 0.6 is 15.9 Å². The average Bonchev–Trinajstić information content (AvgIpc) is 3.34. The number of hydrogen-bond acceptors (Lipinski definition) is 6. The Labute approximate surface area is 240 Å². The van der Waals surface area contributed by atoms with E-state index in [1.54, 1.807) is 12.1 Å². The number of hydrogen-bond donors (Lipinski definition) is 2. The summed E-state index contributed by atoms with van der Waals surface area (Å²) in [5, 5.41) is 2.92. The predicted molar refractivity (Wildman–Crippen MR) is 156 cm³/mol. The number of amides is 2. The van der Waals surface area contributed by atoms with E-state index >= 15 is 0 Å². The van der Waals surface area contributed by atoms with E-state index in [4.69, 9.17) is 5.73 Å². The number of carbonyl (C=O) groups is 2. The predicted octanol–water partition coefficient (Wildman–Crippen LogP) is 5.40. The van der Waals surface area contributed by atoms with E-state index < -0.39 is 6.04 Å². The first kappa shape index (κ1) is 24.9. The molecular weight excluding hydrogens is 568 g/mol. The summed E-state index contributed by atoms with van der Waals surface area (Å²) in [5.41, 5.74) is 12.0. The molecule has 3 heterocycles. The number of benzene rings is 2. The molecule has 4 aromatic rings. The molecule has 1 aliphatic heterocycles. The van der Waals surface area contributed by atoms with Crippen molar-refractivity contribution in [1.29, 1.82) is 0 Å². The van der Waals surface area contributed by atoms with Gasteiger partial charge >= 0.3 is 0 Å². The van der Waals surface area contributed by atoms with Crippen LogP contribution in [0.1, 0.15) is 43.4 Å². The van der Waals surface area contributed by atoms with Crippen molar-refractivity contribution in [3.63, 3.8) is 0 Å². The molecule has 0 spiro atoms. The van der Waals surface area contributed by atoms with E-state index in [2.05, 4.69) is 61.3 Å². The first-order valence-corrected chi connectivity index (χ1v) is 14.2. The van der Waals surface area contributed by atoms with Crippen LogP contribution in [0.4, 0.5) is 11.6 Å². The molecule has 2 fully saturated rings. The number of nitrogens with zero attached hydrogens (tertiary/aromatic N) is 4. The van der Waals surface area contributed by atoms with Gasteiger partial charge in [-0.3, -0.25) is 9.59 Å². The molecule has 8 nitrogen and oxygen atoms in total. The van der Waals surface area contributed by atoms with E-state index in [1.165, 1.54) is 6.33 Å². The molecule has 2 unspecified atom stereocenters. The highest BCUT2D eigenvalue weighted by molar-refractivity contribution is 9.10. The minimum atomic E-state index is -0.558. The molecule has 1 saturated carbocycles. The number of anilines is 2. The topological polar surface area (TPSA) is 114 Å². The van der Waals surface area contributed by atoms with Gasteiger partial charge in [-0.1, -0.05) is 61.5 Å². The lowest BCUT2D eigenvalue weighted by Gasteiger charge is -2.28. The third kappa shape index (κ3) is 3.99. The molecule has 2 aromatic carbocycles. The molecule has 40 heavy (non-hydrogen) atoms. The van der Waals surface area contributed by atoms with Gasteiger partial charge in [0.1, 0.15) is 28.6 Å². The number of pyridine rings is 1. The molecule has 0 bridgehead atoms. The molecule has 3 N–H and O–H groups in total. The first-order valence-electron chi connectivity index (χ1n) is 13.4. The van der Waals surface area contributed by atoms with Gasteiger partial charge in [0.15, 0.2) is 0 Å². The lowest BCUT2D eigenvalue weighted by Crippen LogP contribution is -2.46. The van der Waals surface area contributed by atoms with E-state index in [0.29, 0.717) is 22.7 Å². The third-order valence-corrected chi connectivity index (χ3v) is 9.06. The second-order valence-corrected chi connectivity index (χ2v) is 12.0. The number of fused-ring (bicyclic) bond motifs is 4. The molecule has 2 aliphatic carbocycles. The van der Waals surface area contributed by atoms with Gasteiger partial charge in [-0.05, 0) is 68.6 Å². The van der Waals surface area contributed by atoms with Gasteiger partial charge in [0.05, 0.1) is 5.69 Å². The van der Waals surface area contributed by atoms with Crippen molar-refractivity contribution in [3.05, 3.63) is 88.9 Å². The normalized spacial score (nSPS) is 23.8. The van der Waals surface area contributed by atoms with E-state index in [9.17, 15) is 9.59 Å². The Bertz CT molecular complexity index is 1680. The van der Waals surface area contributed by atoms with E-state index in [1.807, 2.05) is 41.3 Å². The zero-order valence-electron chi connectivity index (χ0n) is 21.8. The Morgan fingerprint density at radius 2 is 1.80 bits per heavy atom. The fourth-order valence-electron chi connectivity index (χ4n) is 6.64. The Balaban J connectivity index is 1.24. The Hall–Kier alpha value is -4.11. The van der Waals surface area contributed by atoms with Gasteiger partial charge in [0.25, 0.3) is 0 Å². The number of rotatable bonds is 5. The minimum absolute atomic E-state index is 0.0460. The summed E-state index contributed by atoms with van der Waals surface area (Å²) in [6.45, 7) is 2.16. The maximum absolute atomic E-state index is 14.2. The second kappa shape index (κ2) is 9.23. The van der Waals surface area contributed by atoms with Crippen LogP contribution in [0.3, 0.4) is 0 Å². The van der Waals surface area contributed by atoms with Crippen molar-refractivity contribution >= 4 is 39.4 Å². The van der Waals surface area contributed by atoms with Crippen molar-refractivity contribution in [2.24, 2.45) is 5.41 Å². The SMILES string of the molecule is C[C@]12CC1N(C(=O)CC1c3ncnc(N)c3-c3cccc(-c4ccccc4)c31)[C@H](C(=O)Nc1cccc(Br)n1)C2. The van der Waals surface area contributed by atoms with Crippen LogP contribution in [0.5, 0.6) is 0 Å². The maximum atomic E-state index is 14.2. The van der Waals surface area contributed by atoms with Gasteiger partial charge in [0, 0.05) is 23.9 Å². The molecular formula is C31H27BrN6O2. The van der Waals surface area contributed by atoms with E-state index in [-0.39, 0.29) is 35.6 Å². The van der Waals surface area contributed by atoms with Crippen LogP contribution in [-0.2, 0) is 9.59 Å². The lowest BCUT2D eigenvalue weighted by molar-refractivity contribution is -0.138. The lowest BCUT2D eigenvalue weighted by atomic mass is 9.88. The largest absolute Gasteiger partial charge is 0.383 e. The van der Waals surface area contributed by atoms with Crippen molar-refractivity contribution in [2.75, 3.05) is 11.1 Å². The number of likely N-dealkylation sites (tertiary alicyclic amines) is 1. The molecule has 200 valence electrons. The summed E-state index contributed by atoms with van der Waals surface area (Å²) in [6, 6.07) is 21.1. The number of nitrogens with one attached hydrogen (secondary N) is 1. The van der Waals surface area contributed by atoms with Gasteiger partial charge in [-0.25, -0.2) is 15.0 Å². The quantitative estimate of drug-likeness (QED) is 0.299. The fourth-order valence-corrected chi connectivity index (χ4v) is 6.99. The molecule has 4 atom stereocenters. The fraction of sp³-hybridized carbons (Fsp3) is 0.258. The number of aromatic nitrogens is 3. The van der Waals surface area contributed by atoms with Crippen molar-refractivity contribution in [1.82, 2.24) is 19.9 Å². The molecule has 2 aromatic heterocycles. The van der Waals surface area contributed by atoms with Crippen molar-refractivity contribution in [3.8, 4) is 22.3 Å². The van der Waals surface area contributed by atoms with Crippen LogP contribution in [0, 0.1) is 5.41 Å². The van der Waals surface area contributed by atoms with Crippen LogP contribution in [-0.4, -0.2) is 43.7 Å². The average molecular weight is 596 g/mol. The van der Waals surface area contributed by atoms with Crippen LogP contribution in [0.25, 0.3) is 22.3 Å². The molecule has 9 heteroatoms. The standard InChI is InChI=1S/C31H27BrN6O2/c1-31-14-21(30(40)37-24-12-6-11-23(32)36-24)38(22(31)15-31)25(39)13-20-26-18(17-7-3-2-4-8-17)9-5-10-19(26)27-28(20)34-16-35-29(27)33/h2-12,16,20-22H,13-15H2,1H3,(H2,33,34,35)(H,36,37,40)/t20?,21-,22?,31-/m0/s1. The highest BCUT2D eigenvalue weighted by Crippen LogP contribution is 2.60. The Kier molecular flexibility index (Phi) is 5.75. The Morgan fingerprint density at radius 1 is 1.02 bits per heavy atom. The molecule has 7 rings (SSSR count). The summed E-state index contributed by atoms with van der Waals surface area (Å²) >= 11 is 3.35. The highest BCUT2D eigenvalue weighted by Gasteiger charge is 2.64. The number of nitrogens with two attached hydrogens (primary N) is 1. The number of carbonyl (C=O) groups excluding carboxylic acids is 2. The molecule has 2 amide bonds. The van der Waals surface area contributed by atoms with Gasteiger partial charge in [0.2, 0.25) is 11.8 Å². The van der Waals surface area contributed by atoms with Crippen LogP contribution < -0.4 is 11.1 Å². The zero-order valence-corrected chi connectivity index (χ0v) is 23.4.